The third-order valence-corrected chi connectivity index (χ3v) is 7.34. The summed E-state index contributed by atoms with van der Waals surface area (Å²) in [7, 11) is 4.95. The van der Waals surface area contributed by atoms with Crippen molar-refractivity contribution in [1.82, 2.24) is 15.2 Å². The molecule has 7 nitrogen and oxygen atoms in total. The molecule has 1 fully saturated rings. The average Bonchev–Trinajstić information content (AvgIpc) is 3.38. The number of nitrogens with zero attached hydrogens (tertiary/aromatic N) is 2. The molecule has 0 saturated heterocycles. The number of aromatic nitrogens is 1. The van der Waals surface area contributed by atoms with E-state index in [9.17, 15) is 4.79 Å². The topological polar surface area (TPSA) is 72.9 Å². The first-order valence-corrected chi connectivity index (χ1v) is 13.3. The Morgan fingerprint density at radius 3 is 2.31 bits per heavy atom. The zero-order valence-corrected chi connectivity index (χ0v) is 22.1. The van der Waals surface area contributed by atoms with Gasteiger partial charge in [-0.25, -0.2) is 4.98 Å². The van der Waals surface area contributed by atoms with Crippen LogP contribution in [-0.2, 0) is 19.6 Å². The molecule has 2 aromatic carbocycles. The van der Waals surface area contributed by atoms with E-state index < -0.39 is 0 Å². The van der Waals surface area contributed by atoms with Crippen molar-refractivity contribution in [3.05, 3.63) is 69.7 Å². The van der Waals surface area contributed by atoms with E-state index in [0.717, 1.165) is 35.7 Å². The van der Waals surface area contributed by atoms with Crippen LogP contribution in [0.1, 0.15) is 58.7 Å². The summed E-state index contributed by atoms with van der Waals surface area (Å²) < 4.78 is 16.2. The maximum Gasteiger partial charge on any atom is 0.270 e. The maximum atomic E-state index is 12.8. The lowest BCUT2D eigenvalue weighted by Gasteiger charge is -2.22. The lowest BCUT2D eigenvalue weighted by molar-refractivity contribution is 0.0923. The highest BCUT2D eigenvalue weighted by Crippen LogP contribution is 2.29. The second kappa shape index (κ2) is 12.7. The number of rotatable bonds is 11. The van der Waals surface area contributed by atoms with Gasteiger partial charge in [0.1, 0.15) is 16.5 Å². The first kappa shape index (κ1) is 26.0. The van der Waals surface area contributed by atoms with E-state index in [1.165, 1.54) is 36.2 Å². The third-order valence-electron chi connectivity index (χ3n) is 6.50. The van der Waals surface area contributed by atoms with Crippen molar-refractivity contribution in [2.24, 2.45) is 0 Å². The van der Waals surface area contributed by atoms with Gasteiger partial charge in [0.2, 0.25) is 0 Å². The van der Waals surface area contributed by atoms with Crippen LogP contribution in [0.4, 0.5) is 0 Å². The number of hydrogen-bond donors (Lipinski definition) is 1. The van der Waals surface area contributed by atoms with Gasteiger partial charge in [0, 0.05) is 24.5 Å². The lowest BCUT2D eigenvalue weighted by Crippen LogP contribution is -2.36. The fourth-order valence-corrected chi connectivity index (χ4v) is 5.39. The second-order valence-electron chi connectivity index (χ2n) is 9.12. The molecule has 4 rings (SSSR count). The number of carbonyl (C=O) groups excluding carboxylic acids is 1. The molecule has 8 heteroatoms. The lowest BCUT2D eigenvalue weighted by atomic mass is 9.95. The molecule has 0 bridgehead atoms. The summed E-state index contributed by atoms with van der Waals surface area (Å²) in [5.41, 5.74) is 2.78. The Bertz CT molecular complexity index is 1130. The second-order valence-corrected chi connectivity index (χ2v) is 10.1. The summed E-state index contributed by atoms with van der Waals surface area (Å²) in [5, 5.41) is 5.95. The number of amides is 1. The highest BCUT2D eigenvalue weighted by atomic mass is 32.1. The van der Waals surface area contributed by atoms with Crippen LogP contribution >= 0.6 is 11.3 Å². The van der Waals surface area contributed by atoms with Gasteiger partial charge in [-0.05, 0) is 48.2 Å². The Labute approximate surface area is 217 Å². The number of hydrogen-bond acceptors (Lipinski definition) is 7. The van der Waals surface area contributed by atoms with Gasteiger partial charge in [0.05, 0.1) is 27.9 Å². The van der Waals surface area contributed by atoms with E-state index >= 15 is 0 Å². The van der Waals surface area contributed by atoms with Crippen LogP contribution in [0.15, 0.2) is 47.8 Å². The molecule has 1 heterocycles. The molecule has 0 unspecified atom stereocenters. The van der Waals surface area contributed by atoms with Crippen LogP contribution < -0.4 is 19.5 Å². The van der Waals surface area contributed by atoms with Crippen LogP contribution in [0.25, 0.3) is 0 Å². The third kappa shape index (κ3) is 6.98. The molecule has 0 atom stereocenters. The highest BCUT2D eigenvalue weighted by molar-refractivity contribution is 7.09. The number of carbonyl (C=O) groups is 1. The van der Waals surface area contributed by atoms with Crippen LogP contribution in [-0.4, -0.2) is 43.2 Å². The van der Waals surface area contributed by atoms with Gasteiger partial charge < -0.3 is 19.5 Å². The van der Waals surface area contributed by atoms with E-state index in [4.69, 9.17) is 14.2 Å². The van der Waals surface area contributed by atoms with E-state index in [2.05, 4.69) is 27.3 Å². The van der Waals surface area contributed by atoms with Crippen LogP contribution in [0.2, 0.25) is 0 Å². The maximum absolute atomic E-state index is 12.8. The van der Waals surface area contributed by atoms with Gasteiger partial charge in [-0.2, -0.15) is 0 Å². The molecular formula is C28H35N3O4S. The summed E-state index contributed by atoms with van der Waals surface area (Å²) >= 11 is 1.53. The van der Waals surface area contributed by atoms with Crippen molar-refractivity contribution >= 4 is 17.2 Å². The number of thiazole rings is 1. The Morgan fingerprint density at radius 1 is 0.917 bits per heavy atom. The van der Waals surface area contributed by atoms with Gasteiger partial charge in [-0.15, -0.1) is 11.3 Å². The molecule has 0 radical (unpaired) electrons. The average molecular weight is 510 g/mol. The predicted molar refractivity (Wildman–Crippen MR) is 142 cm³/mol. The van der Waals surface area contributed by atoms with Crippen molar-refractivity contribution in [3.8, 4) is 17.2 Å². The summed E-state index contributed by atoms with van der Waals surface area (Å²) in [6, 6.07) is 14.3. The molecule has 1 N–H and O–H groups in total. The molecule has 3 aromatic rings. The van der Waals surface area contributed by atoms with Crippen molar-refractivity contribution in [3.63, 3.8) is 0 Å². The summed E-state index contributed by atoms with van der Waals surface area (Å²) in [5.74, 6) is 2.18. The van der Waals surface area contributed by atoms with Crippen molar-refractivity contribution in [2.75, 3.05) is 21.3 Å². The summed E-state index contributed by atoms with van der Waals surface area (Å²) in [4.78, 5) is 19.8. The first-order valence-electron chi connectivity index (χ1n) is 12.4. The van der Waals surface area contributed by atoms with Gasteiger partial charge >= 0.3 is 0 Å². The fourth-order valence-electron chi connectivity index (χ4n) is 4.58. The van der Waals surface area contributed by atoms with Gasteiger partial charge in [0.15, 0.2) is 11.5 Å². The minimum Gasteiger partial charge on any atom is -0.497 e. The smallest absolute Gasteiger partial charge is 0.270 e. The van der Waals surface area contributed by atoms with E-state index in [1.54, 1.807) is 21.3 Å². The van der Waals surface area contributed by atoms with Crippen molar-refractivity contribution in [2.45, 2.75) is 57.8 Å². The molecule has 1 amide bonds. The number of benzene rings is 2. The van der Waals surface area contributed by atoms with Crippen molar-refractivity contribution in [1.29, 1.82) is 0 Å². The molecule has 1 saturated carbocycles. The molecule has 1 aromatic heterocycles. The predicted octanol–water partition coefficient (Wildman–Crippen LogP) is 5.43. The Balaban J connectivity index is 1.48. The molecule has 36 heavy (non-hydrogen) atoms. The Morgan fingerprint density at radius 2 is 1.61 bits per heavy atom. The Kier molecular flexibility index (Phi) is 9.19. The van der Waals surface area contributed by atoms with Gasteiger partial charge in [0.25, 0.3) is 5.91 Å². The van der Waals surface area contributed by atoms with E-state index in [1.807, 2.05) is 35.7 Å². The molecular weight excluding hydrogens is 474 g/mol. The normalized spacial score (nSPS) is 14.0. The van der Waals surface area contributed by atoms with Crippen LogP contribution in [0.3, 0.4) is 0 Å². The van der Waals surface area contributed by atoms with E-state index in [0.29, 0.717) is 30.3 Å². The SMILES string of the molecule is COc1ccc(CN(Cc2ccc(OC)c(OC)c2)Cc2nc(C(=O)NC3CCCCC3)cs2)cc1. The first-order chi connectivity index (χ1) is 17.6. The largest absolute Gasteiger partial charge is 0.497 e. The minimum atomic E-state index is -0.0639. The molecule has 1 aliphatic carbocycles. The highest BCUT2D eigenvalue weighted by Gasteiger charge is 2.19. The summed E-state index contributed by atoms with van der Waals surface area (Å²) in [6.07, 6.45) is 5.75. The van der Waals surface area contributed by atoms with Gasteiger partial charge in [-0.1, -0.05) is 37.5 Å². The quantitative estimate of drug-likeness (QED) is 0.371. The minimum absolute atomic E-state index is 0.0639. The standard InChI is InChI=1S/C28H35N3O4S/c1-33-23-12-9-20(10-13-23)16-31(17-21-11-14-25(34-2)26(15-21)35-3)18-27-30-24(19-36-27)28(32)29-22-7-5-4-6-8-22/h9-15,19,22H,4-8,16-18H2,1-3H3,(H,29,32). The molecule has 192 valence electrons. The number of nitrogens with one attached hydrogen (secondary N) is 1. The zero-order chi connectivity index (χ0) is 25.3. The van der Waals surface area contributed by atoms with Crippen molar-refractivity contribution < 1.29 is 19.0 Å². The van der Waals surface area contributed by atoms with Gasteiger partial charge in [-0.3, -0.25) is 9.69 Å². The number of ether oxygens (including phenoxy) is 3. The number of methoxy groups -OCH3 is 3. The monoisotopic (exact) mass is 509 g/mol. The van der Waals surface area contributed by atoms with E-state index in [-0.39, 0.29) is 11.9 Å². The molecule has 0 aliphatic heterocycles. The van der Waals surface area contributed by atoms with Crippen LogP contribution in [0.5, 0.6) is 17.2 Å². The summed E-state index contributed by atoms with van der Waals surface area (Å²) in [6.45, 7) is 2.04. The molecule has 1 aliphatic rings. The zero-order valence-electron chi connectivity index (χ0n) is 21.3. The fraction of sp³-hybridized carbons (Fsp3) is 0.429. The Hall–Kier alpha value is -3.10. The molecule has 0 spiro atoms. The van der Waals surface area contributed by atoms with Crippen LogP contribution in [0, 0.1) is 0 Å².